The molecule has 2 aliphatic rings. The number of pyridine rings is 1. The first-order valence-corrected chi connectivity index (χ1v) is 15.5. The minimum absolute atomic E-state index is 0.0708. The van der Waals surface area contributed by atoms with Crippen molar-refractivity contribution in [2.45, 2.75) is 56.9 Å². The fraction of sp³-hybridized carbons (Fsp3) is 0.433. The molecule has 1 atom stereocenters. The number of aryl methyl sites for hydroxylation is 1. The maximum absolute atomic E-state index is 13.6. The third kappa shape index (κ3) is 5.77. The van der Waals surface area contributed by atoms with Crippen LogP contribution in [0.2, 0.25) is 0 Å². The van der Waals surface area contributed by atoms with E-state index in [4.69, 9.17) is 4.74 Å². The molecule has 40 heavy (non-hydrogen) atoms. The molecule has 5 rings (SSSR count). The molecule has 1 aliphatic heterocycles. The second kappa shape index (κ2) is 11.8. The first-order chi connectivity index (χ1) is 19.3. The summed E-state index contributed by atoms with van der Waals surface area (Å²) in [5.41, 5.74) is 1.92. The van der Waals surface area contributed by atoms with Gasteiger partial charge in [-0.3, -0.25) is 14.5 Å². The lowest BCUT2D eigenvalue weighted by Gasteiger charge is -2.45. The molecule has 9 nitrogen and oxygen atoms in total. The number of carbonyl (C=O) groups is 2. The number of para-hydroxylation sites is 1. The lowest BCUT2D eigenvalue weighted by Crippen LogP contribution is -2.59. The van der Waals surface area contributed by atoms with Crippen LogP contribution in [0.5, 0.6) is 0 Å². The highest BCUT2D eigenvalue weighted by molar-refractivity contribution is 7.93. The van der Waals surface area contributed by atoms with Crippen LogP contribution >= 0.6 is 0 Å². The molecule has 1 unspecified atom stereocenters. The molecule has 2 heterocycles. The van der Waals surface area contributed by atoms with Crippen LogP contribution in [0.25, 0.3) is 10.9 Å². The van der Waals surface area contributed by atoms with Crippen molar-refractivity contribution < 1.29 is 22.7 Å². The second-order valence-corrected chi connectivity index (χ2v) is 12.2. The molecule has 2 fully saturated rings. The molecule has 212 valence electrons. The Bertz CT molecular complexity index is 1500. The van der Waals surface area contributed by atoms with Gasteiger partial charge in [0, 0.05) is 36.8 Å². The van der Waals surface area contributed by atoms with Crippen LogP contribution in [0, 0.1) is 12.8 Å². The van der Waals surface area contributed by atoms with E-state index in [0.717, 1.165) is 31.1 Å². The minimum Gasteiger partial charge on any atom is -0.450 e. The number of aromatic nitrogens is 1. The largest absolute Gasteiger partial charge is 0.450 e. The topological polar surface area (TPSA) is 109 Å². The third-order valence-corrected chi connectivity index (χ3v) is 9.40. The number of ether oxygens (including phenoxy) is 1. The standard InChI is InChI=1S/C30H36N4O5S/c1-3-39-30(36)34-18-17-33(20-26(34)22-9-5-4-6-10-22)29(35)24-14-15-25(21(2)19-24)32-40(37,38)27-13-7-11-23-12-8-16-31-28(23)27/h7-8,11-16,19,22,26,32H,3-6,9-10,17-18,20H2,1-2H3. The number of piperazine rings is 1. The zero-order chi connectivity index (χ0) is 28.3. The molecule has 2 amide bonds. The maximum Gasteiger partial charge on any atom is 0.410 e. The van der Waals surface area contributed by atoms with Crippen molar-refractivity contribution in [2.24, 2.45) is 5.92 Å². The van der Waals surface area contributed by atoms with Crippen molar-refractivity contribution in [1.29, 1.82) is 0 Å². The van der Waals surface area contributed by atoms with E-state index < -0.39 is 10.0 Å². The van der Waals surface area contributed by atoms with Crippen LogP contribution in [-0.4, -0.2) is 67.5 Å². The van der Waals surface area contributed by atoms with Crippen LogP contribution in [0.4, 0.5) is 10.5 Å². The molecule has 0 spiro atoms. The Morgan fingerprint density at radius 1 is 1.05 bits per heavy atom. The predicted molar refractivity (Wildman–Crippen MR) is 154 cm³/mol. The molecule has 1 saturated heterocycles. The number of benzene rings is 2. The fourth-order valence-corrected chi connectivity index (χ4v) is 7.25. The average molecular weight is 565 g/mol. The zero-order valence-corrected chi connectivity index (χ0v) is 23.8. The molecule has 0 bridgehead atoms. The van der Waals surface area contributed by atoms with E-state index >= 15 is 0 Å². The predicted octanol–water partition coefficient (Wildman–Crippen LogP) is 5.21. The number of nitrogens with zero attached hydrogens (tertiary/aromatic N) is 3. The highest BCUT2D eigenvalue weighted by Gasteiger charge is 2.38. The van der Waals surface area contributed by atoms with Gasteiger partial charge >= 0.3 is 6.09 Å². The van der Waals surface area contributed by atoms with Crippen molar-refractivity contribution in [3.63, 3.8) is 0 Å². The van der Waals surface area contributed by atoms with Gasteiger partial charge in [0.25, 0.3) is 15.9 Å². The summed E-state index contributed by atoms with van der Waals surface area (Å²) >= 11 is 0. The molecule has 10 heteroatoms. The van der Waals surface area contributed by atoms with E-state index in [1.165, 1.54) is 12.5 Å². The molecular formula is C30H36N4O5S. The van der Waals surface area contributed by atoms with Gasteiger partial charge in [0.2, 0.25) is 0 Å². The van der Waals surface area contributed by atoms with Crippen molar-refractivity contribution >= 4 is 38.6 Å². The number of fused-ring (bicyclic) bond motifs is 1. The summed E-state index contributed by atoms with van der Waals surface area (Å²) in [5.74, 6) is 0.218. The van der Waals surface area contributed by atoms with Gasteiger partial charge in [-0.15, -0.1) is 0 Å². The smallest absolute Gasteiger partial charge is 0.410 e. The number of rotatable bonds is 6. The Labute approximate surface area is 235 Å². The van der Waals surface area contributed by atoms with Crippen LogP contribution in [0.3, 0.4) is 0 Å². The normalized spacial score (nSPS) is 18.5. The van der Waals surface area contributed by atoms with E-state index in [-0.39, 0.29) is 22.9 Å². The first kappa shape index (κ1) is 27.9. The molecule has 1 aromatic heterocycles. The number of hydrogen-bond donors (Lipinski definition) is 1. The van der Waals surface area contributed by atoms with Gasteiger partial charge in [-0.2, -0.15) is 0 Å². The SMILES string of the molecule is CCOC(=O)N1CCN(C(=O)c2ccc(NS(=O)(=O)c3cccc4cccnc34)c(C)c2)CC1C1CCCCC1. The molecule has 1 aliphatic carbocycles. The van der Waals surface area contributed by atoms with Crippen molar-refractivity contribution in [3.8, 4) is 0 Å². The number of nitrogens with one attached hydrogen (secondary N) is 1. The van der Waals surface area contributed by atoms with Crippen LogP contribution in [0.1, 0.15) is 54.9 Å². The summed E-state index contributed by atoms with van der Waals surface area (Å²) in [7, 11) is -3.91. The monoisotopic (exact) mass is 564 g/mol. The van der Waals surface area contributed by atoms with Crippen molar-refractivity contribution in [1.82, 2.24) is 14.8 Å². The third-order valence-electron chi connectivity index (χ3n) is 8.01. The summed E-state index contributed by atoms with van der Waals surface area (Å²) < 4.78 is 34.6. The Hall–Kier alpha value is -3.66. The lowest BCUT2D eigenvalue weighted by molar-refractivity contribution is 0.0192. The zero-order valence-electron chi connectivity index (χ0n) is 23.0. The van der Waals surface area contributed by atoms with Gasteiger partial charge < -0.3 is 14.5 Å². The van der Waals surface area contributed by atoms with Gasteiger partial charge in [-0.1, -0.05) is 37.5 Å². The summed E-state index contributed by atoms with van der Waals surface area (Å²) in [6, 6.07) is 13.6. The molecular weight excluding hydrogens is 528 g/mol. The van der Waals surface area contributed by atoms with E-state index in [2.05, 4.69) is 9.71 Å². The summed E-state index contributed by atoms with van der Waals surface area (Å²) in [6.07, 6.45) is 6.83. The Kier molecular flexibility index (Phi) is 8.25. The van der Waals surface area contributed by atoms with E-state index in [1.54, 1.807) is 50.4 Å². The second-order valence-electron chi connectivity index (χ2n) is 10.6. The summed E-state index contributed by atoms with van der Waals surface area (Å²) in [6.45, 7) is 5.22. The Balaban J connectivity index is 1.33. The molecule has 2 aromatic carbocycles. The fourth-order valence-electron chi connectivity index (χ4n) is 5.94. The van der Waals surface area contributed by atoms with Crippen molar-refractivity contribution in [2.75, 3.05) is 31.0 Å². The van der Waals surface area contributed by atoms with Gasteiger partial charge in [-0.05, 0) is 68.5 Å². The molecule has 0 radical (unpaired) electrons. The number of hydrogen-bond acceptors (Lipinski definition) is 6. The van der Waals surface area contributed by atoms with Gasteiger partial charge in [0.1, 0.15) is 4.90 Å². The van der Waals surface area contributed by atoms with Gasteiger partial charge in [-0.25, -0.2) is 13.2 Å². The molecule has 3 aromatic rings. The van der Waals surface area contributed by atoms with Crippen molar-refractivity contribution in [3.05, 3.63) is 65.9 Å². The molecule has 1 N–H and O–H groups in total. The van der Waals surface area contributed by atoms with Crippen LogP contribution in [-0.2, 0) is 14.8 Å². The van der Waals surface area contributed by atoms with E-state index in [1.807, 2.05) is 21.9 Å². The van der Waals surface area contributed by atoms with Gasteiger partial charge in [0.15, 0.2) is 0 Å². The number of sulfonamides is 1. The highest BCUT2D eigenvalue weighted by atomic mass is 32.2. The number of amides is 2. The van der Waals surface area contributed by atoms with Crippen LogP contribution < -0.4 is 4.72 Å². The maximum atomic E-state index is 13.6. The molecule has 1 saturated carbocycles. The van der Waals surface area contributed by atoms with E-state index in [0.29, 0.717) is 54.5 Å². The van der Waals surface area contributed by atoms with E-state index in [9.17, 15) is 18.0 Å². The quantitative estimate of drug-likeness (QED) is 0.440. The highest BCUT2D eigenvalue weighted by Crippen LogP contribution is 2.32. The first-order valence-electron chi connectivity index (χ1n) is 14.0. The van der Waals surface area contributed by atoms with Crippen LogP contribution in [0.15, 0.2) is 59.6 Å². The van der Waals surface area contributed by atoms with Gasteiger partial charge in [0.05, 0.1) is 23.9 Å². The Morgan fingerprint density at radius 3 is 2.58 bits per heavy atom. The average Bonchev–Trinajstić information content (AvgIpc) is 2.97. The summed E-state index contributed by atoms with van der Waals surface area (Å²) in [4.78, 5) is 34.3. The summed E-state index contributed by atoms with van der Waals surface area (Å²) in [5, 5.41) is 0.734. The Morgan fingerprint density at radius 2 is 1.82 bits per heavy atom. The minimum atomic E-state index is -3.91. The number of anilines is 1. The number of carbonyl (C=O) groups excluding carboxylic acids is 2. The lowest BCUT2D eigenvalue weighted by atomic mass is 9.82.